The van der Waals surface area contributed by atoms with E-state index in [1.165, 1.54) is 0 Å². The van der Waals surface area contributed by atoms with Crippen molar-refractivity contribution in [1.82, 2.24) is 4.90 Å². The Balaban J connectivity index is 3.79. The molecule has 4 heteroatoms. The minimum Gasteiger partial charge on any atom is -0.480 e. The average molecular weight is 163 g/mol. The smallest absolute Gasteiger partial charge is 0.317 e. The van der Waals surface area contributed by atoms with E-state index in [0.29, 0.717) is 0 Å². The Kier molecular flexibility index (Phi) is 4.77. The highest BCUT2D eigenvalue weighted by Gasteiger charge is 2.11. The van der Waals surface area contributed by atoms with Gasteiger partial charge in [-0.25, -0.2) is 4.39 Å². The molecule has 0 fully saturated rings. The normalized spacial score (nSPS) is 11.0. The Bertz CT molecular complexity index is 128. The van der Waals surface area contributed by atoms with Crippen molar-refractivity contribution < 1.29 is 14.3 Å². The van der Waals surface area contributed by atoms with E-state index < -0.39 is 12.6 Å². The molecule has 0 saturated carbocycles. The molecule has 0 amide bonds. The lowest BCUT2D eigenvalue weighted by Gasteiger charge is -2.22. The van der Waals surface area contributed by atoms with Crippen LogP contribution in [0.5, 0.6) is 0 Å². The molecule has 0 atom stereocenters. The van der Waals surface area contributed by atoms with Crippen LogP contribution in [0.3, 0.4) is 0 Å². The topological polar surface area (TPSA) is 40.5 Å². The summed E-state index contributed by atoms with van der Waals surface area (Å²) in [5.74, 6) is -0.910. The molecule has 0 aromatic carbocycles. The van der Waals surface area contributed by atoms with E-state index in [2.05, 4.69) is 0 Å². The second kappa shape index (κ2) is 5.07. The zero-order valence-corrected chi connectivity index (χ0v) is 6.88. The van der Waals surface area contributed by atoms with E-state index in [4.69, 9.17) is 5.11 Å². The van der Waals surface area contributed by atoms with Crippen LogP contribution in [0.25, 0.3) is 0 Å². The Morgan fingerprint density at radius 3 is 2.45 bits per heavy atom. The largest absolute Gasteiger partial charge is 0.480 e. The molecule has 0 spiro atoms. The van der Waals surface area contributed by atoms with Gasteiger partial charge < -0.3 is 5.11 Å². The van der Waals surface area contributed by atoms with Gasteiger partial charge in [0, 0.05) is 12.6 Å². The van der Waals surface area contributed by atoms with Crippen molar-refractivity contribution in [2.75, 3.05) is 19.8 Å². The number of carboxylic acid groups (broad SMARTS) is 1. The minimum absolute atomic E-state index is 0.0818. The number of carbonyl (C=O) groups is 1. The van der Waals surface area contributed by atoms with Gasteiger partial charge in [0.25, 0.3) is 0 Å². The zero-order chi connectivity index (χ0) is 8.85. The first-order chi connectivity index (χ1) is 5.07. The molecule has 0 saturated heterocycles. The van der Waals surface area contributed by atoms with Crippen molar-refractivity contribution in [2.24, 2.45) is 0 Å². The number of alkyl halides is 1. The van der Waals surface area contributed by atoms with E-state index in [0.717, 1.165) is 0 Å². The quantitative estimate of drug-likeness (QED) is 0.650. The first-order valence-electron chi connectivity index (χ1n) is 3.59. The van der Waals surface area contributed by atoms with Crippen LogP contribution >= 0.6 is 0 Å². The molecular weight excluding hydrogens is 149 g/mol. The van der Waals surface area contributed by atoms with Gasteiger partial charge in [-0.2, -0.15) is 0 Å². The van der Waals surface area contributed by atoms with Crippen LogP contribution in [0.4, 0.5) is 4.39 Å². The van der Waals surface area contributed by atoms with Crippen LogP contribution in [0.2, 0.25) is 0 Å². The second-order valence-electron chi connectivity index (χ2n) is 2.65. The van der Waals surface area contributed by atoms with Crippen molar-refractivity contribution in [3.05, 3.63) is 0 Å². The predicted molar refractivity (Wildman–Crippen MR) is 40.3 cm³/mol. The summed E-state index contributed by atoms with van der Waals surface area (Å²) in [5, 5.41) is 8.40. The molecule has 0 aliphatic carbocycles. The Hall–Kier alpha value is -0.640. The highest BCUT2D eigenvalue weighted by molar-refractivity contribution is 5.69. The molecule has 0 aliphatic rings. The van der Waals surface area contributed by atoms with Crippen molar-refractivity contribution >= 4 is 5.97 Å². The summed E-state index contributed by atoms with van der Waals surface area (Å²) < 4.78 is 11.8. The lowest BCUT2D eigenvalue weighted by atomic mass is 10.3. The molecule has 3 nitrogen and oxygen atoms in total. The maximum absolute atomic E-state index is 11.8. The van der Waals surface area contributed by atoms with Crippen LogP contribution in [0.15, 0.2) is 0 Å². The summed E-state index contributed by atoms with van der Waals surface area (Å²) in [4.78, 5) is 11.8. The Labute approximate surface area is 65.8 Å². The average Bonchev–Trinajstić information content (AvgIpc) is 1.86. The molecule has 11 heavy (non-hydrogen) atoms. The third kappa shape index (κ3) is 4.72. The van der Waals surface area contributed by atoms with Gasteiger partial charge in [-0.3, -0.25) is 9.69 Å². The molecule has 0 unspecified atom stereocenters. The van der Waals surface area contributed by atoms with Crippen LogP contribution in [0, 0.1) is 0 Å². The fraction of sp³-hybridized carbons (Fsp3) is 0.857. The van der Waals surface area contributed by atoms with Crippen molar-refractivity contribution in [1.29, 1.82) is 0 Å². The fourth-order valence-corrected chi connectivity index (χ4v) is 0.802. The van der Waals surface area contributed by atoms with Crippen molar-refractivity contribution in [3.8, 4) is 0 Å². The number of nitrogens with zero attached hydrogens (tertiary/aromatic N) is 1. The van der Waals surface area contributed by atoms with E-state index in [-0.39, 0.29) is 19.1 Å². The minimum atomic E-state index is -0.910. The van der Waals surface area contributed by atoms with Gasteiger partial charge in [-0.05, 0) is 13.8 Å². The molecule has 0 aliphatic heterocycles. The third-order valence-electron chi connectivity index (χ3n) is 1.44. The highest BCUT2D eigenvalue weighted by Crippen LogP contribution is 1.96. The summed E-state index contributed by atoms with van der Waals surface area (Å²) in [7, 11) is 0. The zero-order valence-electron chi connectivity index (χ0n) is 6.88. The number of carboxylic acids is 1. The Morgan fingerprint density at radius 2 is 2.18 bits per heavy atom. The lowest BCUT2D eigenvalue weighted by Crippen LogP contribution is -2.37. The van der Waals surface area contributed by atoms with E-state index in [1.54, 1.807) is 4.90 Å². The first kappa shape index (κ1) is 10.4. The SMILES string of the molecule is CC(C)N(CCF)CC(=O)O. The molecule has 66 valence electrons. The standard InChI is InChI=1S/C7H14FNO2/c1-6(2)9(4-3-8)5-7(10)11/h6H,3-5H2,1-2H3,(H,10,11). The maximum Gasteiger partial charge on any atom is 0.317 e. The van der Waals surface area contributed by atoms with Crippen molar-refractivity contribution in [2.45, 2.75) is 19.9 Å². The summed E-state index contributed by atoms with van der Waals surface area (Å²) in [5.41, 5.74) is 0. The van der Waals surface area contributed by atoms with E-state index in [1.807, 2.05) is 13.8 Å². The molecule has 0 aromatic rings. The molecule has 0 heterocycles. The first-order valence-corrected chi connectivity index (χ1v) is 3.59. The van der Waals surface area contributed by atoms with Gasteiger partial charge in [0.05, 0.1) is 6.54 Å². The van der Waals surface area contributed by atoms with E-state index in [9.17, 15) is 9.18 Å². The number of aliphatic carboxylic acids is 1. The molecule has 0 radical (unpaired) electrons. The molecular formula is C7H14FNO2. The lowest BCUT2D eigenvalue weighted by molar-refractivity contribution is -0.138. The number of rotatable bonds is 5. The van der Waals surface area contributed by atoms with Gasteiger partial charge in [-0.1, -0.05) is 0 Å². The van der Waals surface area contributed by atoms with E-state index >= 15 is 0 Å². The van der Waals surface area contributed by atoms with Gasteiger partial charge >= 0.3 is 5.97 Å². The summed E-state index contributed by atoms with van der Waals surface area (Å²) >= 11 is 0. The van der Waals surface area contributed by atoms with Gasteiger partial charge in [-0.15, -0.1) is 0 Å². The van der Waals surface area contributed by atoms with Crippen LogP contribution in [-0.4, -0.2) is 41.8 Å². The van der Waals surface area contributed by atoms with Crippen LogP contribution in [-0.2, 0) is 4.79 Å². The fourth-order valence-electron chi connectivity index (χ4n) is 0.802. The second-order valence-corrected chi connectivity index (χ2v) is 2.65. The summed E-state index contributed by atoms with van der Waals surface area (Å²) in [6.07, 6.45) is 0. The number of hydrogen-bond acceptors (Lipinski definition) is 2. The monoisotopic (exact) mass is 163 g/mol. The predicted octanol–water partition coefficient (Wildman–Crippen LogP) is 0.751. The number of halogens is 1. The molecule has 0 bridgehead atoms. The summed E-state index contributed by atoms with van der Waals surface area (Å²) in [6, 6.07) is 0.0850. The van der Waals surface area contributed by atoms with Gasteiger partial charge in [0.15, 0.2) is 0 Å². The number of hydrogen-bond donors (Lipinski definition) is 1. The molecule has 1 N–H and O–H groups in total. The van der Waals surface area contributed by atoms with Gasteiger partial charge in [0.2, 0.25) is 0 Å². The highest BCUT2D eigenvalue weighted by atomic mass is 19.1. The third-order valence-corrected chi connectivity index (χ3v) is 1.44. The summed E-state index contributed by atoms with van der Waals surface area (Å²) in [6.45, 7) is 3.31. The molecule has 0 aromatic heterocycles. The van der Waals surface area contributed by atoms with Gasteiger partial charge in [0.1, 0.15) is 6.67 Å². The molecule has 0 rings (SSSR count). The van der Waals surface area contributed by atoms with Crippen LogP contribution in [0.1, 0.15) is 13.8 Å². The van der Waals surface area contributed by atoms with Crippen LogP contribution < -0.4 is 0 Å². The van der Waals surface area contributed by atoms with Crippen molar-refractivity contribution in [3.63, 3.8) is 0 Å². The maximum atomic E-state index is 11.8. The Morgan fingerprint density at radius 1 is 1.64 bits per heavy atom.